The summed E-state index contributed by atoms with van der Waals surface area (Å²) in [6.45, 7) is 3.09. The van der Waals surface area contributed by atoms with Crippen LogP contribution in [0.2, 0.25) is 0 Å². The van der Waals surface area contributed by atoms with Crippen LogP contribution in [-0.4, -0.2) is 80.6 Å². The Balaban J connectivity index is 1.18. The number of ether oxygens (including phenoxy) is 2. The minimum absolute atomic E-state index is 0.154. The Kier molecular flexibility index (Phi) is 8.16. The molecule has 3 fully saturated rings. The number of aromatic nitrogens is 1. The van der Waals surface area contributed by atoms with E-state index in [0.29, 0.717) is 45.7 Å². The number of amides is 1. The van der Waals surface area contributed by atoms with Crippen LogP contribution in [0, 0.1) is 17.3 Å². The summed E-state index contributed by atoms with van der Waals surface area (Å²) in [5, 5.41) is 3.87. The zero-order valence-corrected chi connectivity index (χ0v) is 25.0. The number of likely N-dealkylation sites (tertiary alicyclic amines) is 1. The maximum absolute atomic E-state index is 13.7. The topological polar surface area (TPSA) is 85.0 Å². The number of methoxy groups -OCH3 is 1. The van der Waals surface area contributed by atoms with Gasteiger partial charge in [0.25, 0.3) is 0 Å². The van der Waals surface area contributed by atoms with Crippen molar-refractivity contribution in [3.8, 4) is 17.6 Å². The number of benzene rings is 2. The first-order valence-electron chi connectivity index (χ1n) is 15.0. The van der Waals surface area contributed by atoms with Crippen LogP contribution in [0.15, 0.2) is 42.5 Å². The first-order chi connectivity index (χ1) is 21.1. The molecule has 11 heteroatoms. The number of alkyl halides is 3. The van der Waals surface area contributed by atoms with Gasteiger partial charge in [0.2, 0.25) is 5.91 Å². The molecule has 0 bridgehead atoms. The van der Waals surface area contributed by atoms with Gasteiger partial charge < -0.3 is 30.0 Å². The van der Waals surface area contributed by atoms with Crippen LogP contribution in [0.25, 0.3) is 10.9 Å². The van der Waals surface area contributed by atoms with Gasteiger partial charge in [-0.15, -0.1) is 0 Å². The van der Waals surface area contributed by atoms with E-state index in [1.807, 2.05) is 12.1 Å². The van der Waals surface area contributed by atoms with Gasteiger partial charge >= 0.3 is 6.18 Å². The molecule has 3 N–H and O–H groups in total. The molecule has 6 rings (SSSR count). The number of nitrogens with zero attached hydrogens (tertiary/aromatic N) is 3. The molecule has 1 amide bonds. The lowest BCUT2D eigenvalue weighted by Gasteiger charge is -2.58. The van der Waals surface area contributed by atoms with E-state index in [4.69, 9.17) is 15.2 Å². The Bertz CT molecular complexity index is 1590. The van der Waals surface area contributed by atoms with E-state index in [9.17, 15) is 18.0 Å². The van der Waals surface area contributed by atoms with Crippen molar-refractivity contribution in [2.45, 2.75) is 50.5 Å². The van der Waals surface area contributed by atoms with Crippen LogP contribution >= 0.6 is 0 Å². The Morgan fingerprint density at radius 3 is 2.55 bits per heavy atom. The number of hydrogen-bond donors (Lipinski definition) is 2. The van der Waals surface area contributed by atoms with Gasteiger partial charge in [0.05, 0.1) is 43.8 Å². The van der Waals surface area contributed by atoms with Crippen molar-refractivity contribution in [1.29, 1.82) is 0 Å². The molecule has 3 aromatic rings. The van der Waals surface area contributed by atoms with Gasteiger partial charge in [0.15, 0.2) is 0 Å². The molecule has 2 saturated heterocycles. The smallest absolute Gasteiger partial charge is 0.406 e. The molecule has 0 radical (unpaired) electrons. The third-order valence-corrected chi connectivity index (χ3v) is 9.33. The third-order valence-electron chi connectivity index (χ3n) is 9.33. The van der Waals surface area contributed by atoms with Crippen molar-refractivity contribution < 1.29 is 27.4 Å². The van der Waals surface area contributed by atoms with Crippen LogP contribution in [0.4, 0.5) is 24.5 Å². The first kappa shape index (κ1) is 30.2. The summed E-state index contributed by atoms with van der Waals surface area (Å²) in [6.07, 6.45) is -0.0723. The summed E-state index contributed by atoms with van der Waals surface area (Å²) in [7, 11) is 3.52. The van der Waals surface area contributed by atoms with E-state index in [1.54, 1.807) is 24.3 Å². The molecule has 1 spiro atoms. The molecule has 2 aromatic carbocycles. The maximum Gasteiger partial charge on any atom is 0.406 e. The number of fused-ring (bicyclic) bond motifs is 1. The van der Waals surface area contributed by atoms with Crippen LogP contribution < -0.4 is 20.7 Å². The lowest BCUT2D eigenvalue weighted by molar-refractivity contribution is -0.200. The fourth-order valence-electron chi connectivity index (χ4n) is 6.95. The number of carbonyl (C=O) groups excluding carboxylic acids is 1. The molecular formula is C33H38F3N5O3. The first-order valence-corrected chi connectivity index (χ1v) is 15.0. The van der Waals surface area contributed by atoms with E-state index in [1.165, 1.54) is 17.7 Å². The molecule has 234 valence electrons. The highest BCUT2D eigenvalue weighted by Gasteiger charge is 2.51. The number of rotatable bonds is 8. The van der Waals surface area contributed by atoms with Gasteiger partial charge in [-0.05, 0) is 68.0 Å². The van der Waals surface area contributed by atoms with Crippen LogP contribution in [0.3, 0.4) is 0 Å². The zero-order valence-electron chi connectivity index (χ0n) is 25.0. The summed E-state index contributed by atoms with van der Waals surface area (Å²) in [5.74, 6) is 5.75. The fourth-order valence-corrected chi connectivity index (χ4v) is 6.95. The molecule has 1 aromatic heterocycles. The summed E-state index contributed by atoms with van der Waals surface area (Å²) in [4.78, 5) is 16.3. The van der Waals surface area contributed by atoms with Crippen molar-refractivity contribution in [1.82, 2.24) is 9.47 Å². The monoisotopic (exact) mass is 609 g/mol. The number of nitrogens with two attached hydrogens (primary N) is 1. The number of hydrogen-bond acceptors (Lipinski definition) is 6. The predicted molar refractivity (Wildman–Crippen MR) is 164 cm³/mol. The lowest BCUT2D eigenvalue weighted by Crippen LogP contribution is -2.68. The number of primary amides is 1. The maximum atomic E-state index is 13.7. The summed E-state index contributed by atoms with van der Waals surface area (Å²) in [5.41, 5.74) is 8.37. The van der Waals surface area contributed by atoms with Crippen molar-refractivity contribution in [2.24, 2.45) is 11.1 Å². The van der Waals surface area contributed by atoms with Crippen LogP contribution in [-0.2, 0) is 11.3 Å². The van der Waals surface area contributed by atoms with Crippen molar-refractivity contribution in [3.63, 3.8) is 0 Å². The van der Waals surface area contributed by atoms with Gasteiger partial charge in [-0.2, -0.15) is 13.2 Å². The molecule has 44 heavy (non-hydrogen) atoms. The van der Waals surface area contributed by atoms with Crippen molar-refractivity contribution in [2.75, 3.05) is 57.2 Å². The molecule has 0 unspecified atom stereocenters. The minimum atomic E-state index is -4.41. The Hall–Kier alpha value is -3.88. The summed E-state index contributed by atoms with van der Waals surface area (Å²) in [6, 6.07) is 13.0. The van der Waals surface area contributed by atoms with Crippen LogP contribution in [0.1, 0.15) is 41.7 Å². The van der Waals surface area contributed by atoms with E-state index >= 15 is 0 Å². The number of halogens is 3. The Morgan fingerprint density at radius 2 is 1.91 bits per heavy atom. The molecule has 3 heterocycles. The standard InChI is InChI=1S/C33H38F3N5O3/c1-39(23-9-11-24(12-10-23)40-17-32(18-40)20-44-21-32)28-6-3-7-29-26(28)16-25(41(29)19-33(34,35)36)5-4-14-38-27-13-8-22(31(37)42)15-30(27)43-2/h3,6-8,13,15-16,23-24,38H,9-12,14,17-21H2,1-2H3,(H2,37,42)/t23-,24+. The molecule has 1 saturated carbocycles. The second-order valence-electron chi connectivity index (χ2n) is 12.3. The number of anilines is 2. The molecule has 1 aliphatic carbocycles. The Morgan fingerprint density at radius 1 is 1.16 bits per heavy atom. The average molecular weight is 610 g/mol. The highest BCUT2D eigenvalue weighted by Crippen LogP contribution is 2.42. The molecule has 2 aliphatic heterocycles. The lowest BCUT2D eigenvalue weighted by atomic mass is 9.75. The van der Waals surface area contributed by atoms with E-state index < -0.39 is 18.6 Å². The highest BCUT2D eigenvalue weighted by atomic mass is 19.4. The molecule has 8 nitrogen and oxygen atoms in total. The number of carbonyl (C=O) groups is 1. The van der Waals surface area contributed by atoms with Gasteiger partial charge in [-0.25, -0.2) is 0 Å². The predicted octanol–water partition coefficient (Wildman–Crippen LogP) is 4.85. The fraction of sp³-hybridized carbons (Fsp3) is 0.485. The molecular weight excluding hydrogens is 571 g/mol. The van der Waals surface area contributed by atoms with Crippen molar-refractivity contribution in [3.05, 3.63) is 53.7 Å². The van der Waals surface area contributed by atoms with Gasteiger partial charge in [0.1, 0.15) is 12.3 Å². The number of nitrogens with one attached hydrogen (secondary N) is 1. The van der Waals surface area contributed by atoms with Gasteiger partial charge in [0, 0.05) is 54.3 Å². The highest BCUT2D eigenvalue weighted by molar-refractivity contribution is 5.95. The van der Waals surface area contributed by atoms with E-state index in [0.717, 1.165) is 63.1 Å². The van der Waals surface area contributed by atoms with Crippen LogP contribution in [0.5, 0.6) is 5.75 Å². The van der Waals surface area contributed by atoms with Crippen molar-refractivity contribution >= 4 is 28.2 Å². The van der Waals surface area contributed by atoms with Gasteiger partial charge in [-0.3, -0.25) is 9.69 Å². The summed E-state index contributed by atoms with van der Waals surface area (Å²) < 4.78 is 53.2. The van der Waals surface area contributed by atoms with E-state index in [-0.39, 0.29) is 6.54 Å². The molecule has 3 aliphatic rings. The minimum Gasteiger partial charge on any atom is -0.495 e. The normalized spacial score (nSPS) is 21.2. The van der Waals surface area contributed by atoms with Gasteiger partial charge in [-0.1, -0.05) is 12.0 Å². The second kappa shape index (κ2) is 11.9. The Labute approximate surface area is 255 Å². The quantitative estimate of drug-likeness (QED) is 0.355. The largest absolute Gasteiger partial charge is 0.495 e. The SMILES string of the molecule is COc1cc(C(N)=O)ccc1NCC#Cc1cc2c(N(C)[C@H]3CC[C@@H](N4CC5(COC5)C4)CC3)cccc2n1CC(F)(F)F. The average Bonchev–Trinajstić information content (AvgIpc) is 3.29. The molecule has 0 atom stereocenters. The second-order valence-corrected chi connectivity index (χ2v) is 12.3. The zero-order chi connectivity index (χ0) is 31.1. The van der Waals surface area contributed by atoms with E-state index in [2.05, 4.69) is 34.0 Å². The summed E-state index contributed by atoms with van der Waals surface area (Å²) >= 11 is 0. The third kappa shape index (κ3) is 6.06.